The van der Waals surface area contributed by atoms with E-state index in [1.54, 1.807) is 0 Å². The quantitative estimate of drug-likeness (QED) is 0.217. The van der Waals surface area contributed by atoms with Crippen LogP contribution in [0.5, 0.6) is 0 Å². The van der Waals surface area contributed by atoms with Crippen LogP contribution in [0.3, 0.4) is 0 Å². The lowest BCUT2D eigenvalue weighted by Gasteiger charge is -2.19. The molecule has 0 bridgehead atoms. The Morgan fingerprint density at radius 3 is 2.27 bits per heavy atom. The van der Waals surface area contributed by atoms with Gasteiger partial charge in [0.1, 0.15) is 18.4 Å². The number of nitrogens with two attached hydrogens (primary N) is 2. The van der Waals surface area contributed by atoms with E-state index in [1.165, 1.54) is 0 Å². The van der Waals surface area contributed by atoms with Crippen molar-refractivity contribution in [3.8, 4) is 0 Å². The average molecular weight is 317 g/mol. The van der Waals surface area contributed by atoms with Gasteiger partial charge in [0.25, 0.3) is 0 Å². The number of carbonyl (C=O) groups excluding carboxylic acids is 4. The molecule has 0 spiro atoms. The molecule has 0 saturated carbocycles. The number of aliphatic carboxylic acids is 1. The molecule has 0 fully saturated rings. The van der Waals surface area contributed by atoms with Crippen molar-refractivity contribution in [2.75, 3.05) is 19.6 Å². The molecule has 0 aromatic carbocycles. The standard InChI is InChI=1S/C11H19N5O6/c12-4-8(18)15-5-6(13)10(21)16-7(3-9(19)20)11(22)14-1-2-17/h2,6-7H,1,3-5,12-13H2,(H,14,22)(H,15,18)(H,16,21)(H,19,20)/t6-,7-/m0/s1. The molecule has 0 aromatic heterocycles. The van der Waals surface area contributed by atoms with Crippen LogP contribution in [0.25, 0.3) is 0 Å². The first kappa shape index (κ1) is 19.5. The first-order chi connectivity index (χ1) is 10.3. The summed E-state index contributed by atoms with van der Waals surface area (Å²) >= 11 is 0. The van der Waals surface area contributed by atoms with Crippen LogP contribution in [0, 0.1) is 0 Å². The number of carbonyl (C=O) groups is 5. The third-order valence-corrected chi connectivity index (χ3v) is 2.41. The second-order valence-electron chi connectivity index (χ2n) is 4.19. The normalized spacial score (nSPS) is 12.6. The van der Waals surface area contributed by atoms with E-state index < -0.39 is 42.2 Å². The molecule has 0 rings (SSSR count). The van der Waals surface area contributed by atoms with E-state index in [0.29, 0.717) is 6.29 Å². The van der Waals surface area contributed by atoms with E-state index in [2.05, 4.69) is 16.0 Å². The van der Waals surface area contributed by atoms with Gasteiger partial charge < -0.3 is 37.3 Å². The molecule has 0 heterocycles. The minimum atomic E-state index is -1.39. The van der Waals surface area contributed by atoms with Crippen LogP contribution in [0.15, 0.2) is 0 Å². The van der Waals surface area contributed by atoms with Gasteiger partial charge >= 0.3 is 5.97 Å². The highest BCUT2D eigenvalue weighted by Crippen LogP contribution is 1.94. The summed E-state index contributed by atoms with van der Waals surface area (Å²) in [5, 5.41) is 15.3. The molecule has 2 atom stereocenters. The van der Waals surface area contributed by atoms with Crippen molar-refractivity contribution in [2.45, 2.75) is 18.5 Å². The zero-order valence-corrected chi connectivity index (χ0v) is 11.7. The fraction of sp³-hybridized carbons (Fsp3) is 0.545. The van der Waals surface area contributed by atoms with Gasteiger partial charge in [-0.25, -0.2) is 0 Å². The molecule has 3 amide bonds. The molecule has 0 aliphatic heterocycles. The Balaban J connectivity index is 4.59. The van der Waals surface area contributed by atoms with Gasteiger partial charge in [-0.1, -0.05) is 0 Å². The number of carboxylic acids is 1. The molecule has 0 aliphatic carbocycles. The summed E-state index contributed by atoms with van der Waals surface area (Å²) < 4.78 is 0. The topological polar surface area (TPSA) is 194 Å². The van der Waals surface area contributed by atoms with Crippen molar-refractivity contribution in [3.05, 3.63) is 0 Å². The van der Waals surface area contributed by atoms with Gasteiger partial charge in [0.05, 0.1) is 19.5 Å². The van der Waals surface area contributed by atoms with Crippen molar-refractivity contribution in [3.63, 3.8) is 0 Å². The Kier molecular flexibility index (Phi) is 9.06. The molecule has 0 aliphatic rings. The summed E-state index contributed by atoms with van der Waals surface area (Å²) in [6.07, 6.45) is -0.274. The van der Waals surface area contributed by atoms with Crippen LogP contribution in [0.4, 0.5) is 0 Å². The molecule has 0 unspecified atom stereocenters. The van der Waals surface area contributed by atoms with E-state index in [4.69, 9.17) is 16.6 Å². The molecule has 22 heavy (non-hydrogen) atoms. The fourth-order valence-electron chi connectivity index (χ4n) is 1.32. The molecule has 0 saturated heterocycles. The number of aldehydes is 1. The zero-order chi connectivity index (χ0) is 17.1. The van der Waals surface area contributed by atoms with Gasteiger partial charge in [0, 0.05) is 6.54 Å². The first-order valence-electron chi connectivity index (χ1n) is 6.27. The largest absolute Gasteiger partial charge is 0.481 e. The molecule has 0 aromatic rings. The fourth-order valence-corrected chi connectivity index (χ4v) is 1.32. The van der Waals surface area contributed by atoms with E-state index in [0.717, 1.165) is 0 Å². The second-order valence-corrected chi connectivity index (χ2v) is 4.19. The monoisotopic (exact) mass is 317 g/mol. The molecular formula is C11H19N5O6. The summed E-state index contributed by atoms with van der Waals surface area (Å²) in [6.45, 7) is -0.814. The van der Waals surface area contributed by atoms with Gasteiger partial charge in [-0.05, 0) is 0 Å². The minimum absolute atomic E-state index is 0.225. The van der Waals surface area contributed by atoms with E-state index in [1.807, 2.05) is 0 Å². The summed E-state index contributed by atoms with van der Waals surface area (Å²) in [7, 11) is 0. The predicted octanol–water partition coefficient (Wildman–Crippen LogP) is -4.34. The van der Waals surface area contributed by atoms with Gasteiger partial charge in [0.2, 0.25) is 17.7 Å². The smallest absolute Gasteiger partial charge is 0.305 e. The number of amides is 3. The molecule has 11 nitrogen and oxygen atoms in total. The third kappa shape index (κ3) is 7.91. The predicted molar refractivity (Wildman–Crippen MR) is 73.3 cm³/mol. The van der Waals surface area contributed by atoms with Crippen molar-refractivity contribution < 1.29 is 29.1 Å². The van der Waals surface area contributed by atoms with Crippen molar-refractivity contribution in [1.29, 1.82) is 0 Å². The van der Waals surface area contributed by atoms with Crippen LogP contribution in [0.2, 0.25) is 0 Å². The summed E-state index contributed by atoms with van der Waals surface area (Å²) in [4.78, 5) is 55.2. The summed E-state index contributed by atoms with van der Waals surface area (Å²) in [6, 6.07) is -2.58. The molecule has 11 heteroatoms. The lowest BCUT2D eigenvalue weighted by molar-refractivity contribution is -0.140. The average Bonchev–Trinajstić information content (AvgIpc) is 2.48. The lowest BCUT2D eigenvalue weighted by Crippen LogP contribution is -2.55. The Morgan fingerprint density at radius 2 is 1.77 bits per heavy atom. The maximum atomic E-state index is 11.8. The molecule has 124 valence electrons. The number of hydrogen-bond donors (Lipinski definition) is 6. The summed E-state index contributed by atoms with van der Waals surface area (Å²) in [5.41, 5.74) is 10.6. The number of nitrogens with one attached hydrogen (secondary N) is 3. The molecule has 0 radical (unpaired) electrons. The van der Waals surface area contributed by atoms with Crippen LogP contribution in [0.1, 0.15) is 6.42 Å². The SMILES string of the molecule is NCC(=O)NC[C@H](N)C(=O)N[C@@H](CC(=O)O)C(=O)NCC=O. The summed E-state index contributed by atoms with van der Waals surface area (Å²) in [5.74, 6) is -3.50. The molecule has 8 N–H and O–H groups in total. The first-order valence-corrected chi connectivity index (χ1v) is 6.27. The highest BCUT2D eigenvalue weighted by atomic mass is 16.4. The highest BCUT2D eigenvalue weighted by Gasteiger charge is 2.25. The van der Waals surface area contributed by atoms with Gasteiger partial charge in [-0.15, -0.1) is 0 Å². The van der Waals surface area contributed by atoms with Gasteiger partial charge in [0.15, 0.2) is 0 Å². The number of carboxylic acid groups (broad SMARTS) is 1. The zero-order valence-electron chi connectivity index (χ0n) is 11.7. The van der Waals surface area contributed by atoms with Crippen LogP contribution >= 0.6 is 0 Å². The van der Waals surface area contributed by atoms with E-state index in [9.17, 15) is 24.0 Å². The van der Waals surface area contributed by atoms with Gasteiger partial charge in [-0.2, -0.15) is 0 Å². The van der Waals surface area contributed by atoms with Crippen LogP contribution < -0.4 is 27.4 Å². The Bertz CT molecular complexity index is 441. The lowest BCUT2D eigenvalue weighted by atomic mass is 10.1. The van der Waals surface area contributed by atoms with Crippen molar-refractivity contribution >= 4 is 30.0 Å². The Morgan fingerprint density at radius 1 is 1.14 bits per heavy atom. The minimum Gasteiger partial charge on any atom is -0.481 e. The Labute approximate surface area is 125 Å². The van der Waals surface area contributed by atoms with Crippen molar-refractivity contribution in [1.82, 2.24) is 16.0 Å². The van der Waals surface area contributed by atoms with E-state index >= 15 is 0 Å². The maximum absolute atomic E-state index is 11.8. The highest BCUT2D eigenvalue weighted by molar-refractivity contribution is 5.93. The maximum Gasteiger partial charge on any atom is 0.305 e. The second kappa shape index (κ2) is 10.2. The third-order valence-electron chi connectivity index (χ3n) is 2.41. The van der Waals surface area contributed by atoms with E-state index in [-0.39, 0.29) is 19.6 Å². The molecular weight excluding hydrogens is 298 g/mol. The number of hydrogen-bond acceptors (Lipinski definition) is 7. The van der Waals surface area contributed by atoms with Crippen LogP contribution in [-0.2, 0) is 24.0 Å². The van der Waals surface area contributed by atoms with Crippen LogP contribution in [-0.4, -0.2) is 66.8 Å². The van der Waals surface area contributed by atoms with Crippen molar-refractivity contribution in [2.24, 2.45) is 11.5 Å². The number of rotatable bonds is 10. The Hall–Kier alpha value is -2.53. The van der Waals surface area contributed by atoms with Gasteiger partial charge in [-0.3, -0.25) is 19.2 Å².